The van der Waals surface area contributed by atoms with Crippen LogP contribution in [0.5, 0.6) is 11.6 Å². The monoisotopic (exact) mass is 881 g/mol. The zero-order valence-electron chi connectivity index (χ0n) is 34.1. The van der Waals surface area contributed by atoms with E-state index in [0.717, 1.165) is 4.90 Å². The molecule has 4 heterocycles. The molecule has 61 heavy (non-hydrogen) atoms. The van der Waals surface area contributed by atoms with E-state index in [4.69, 9.17) is 18.9 Å². The van der Waals surface area contributed by atoms with Crippen molar-refractivity contribution in [1.29, 1.82) is 0 Å². The van der Waals surface area contributed by atoms with Gasteiger partial charge in [-0.15, -0.1) is 0 Å². The minimum atomic E-state index is -4.94. The van der Waals surface area contributed by atoms with Crippen molar-refractivity contribution in [2.75, 3.05) is 33.5 Å². The summed E-state index contributed by atoms with van der Waals surface area (Å²) in [6.45, 7) is 1.54. The van der Waals surface area contributed by atoms with Gasteiger partial charge in [0.2, 0.25) is 33.3 Å². The number of sulfonamides is 1. The number of amides is 4. The number of pyridine rings is 1. The van der Waals surface area contributed by atoms with E-state index in [9.17, 15) is 45.2 Å². The molecule has 4 fully saturated rings. The molecule has 7 rings (SSSR count). The van der Waals surface area contributed by atoms with E-state index in [1.165, 1.54) is 13.3 Å². The zero-order valence-corrected chi connectivity index (χ0v) is 34.9. The molecular weight excluding hydrogens is 831 g/mol. The zero-order chi connectivity index (χ0) is 44.0. The van der Waals surface area contributed by atoms with Gasteiger partial charge in [0.05, 0.1) is 33.1 Å². The van der Waals surface area contributed by atoms with Gasteiger partial charge < -0.3 is 34.5 Å². The number of carbonyl (C=O) groups excluding carboxylic acids is 4. The molecule has 4 amide bonds. The standard InChI is InChI=1S/C41H51F4N5O10S/c1-24-8-4-5-9-26-20-40(26,36(53)49-61(55,56)38(23-42)12-13-38)48-33(51)30-19-27(59-34-29-11-7-6-10-28(29)31(57-3)21-46-34)22-50(30)35(52)32(25(2)18-24)47-37(54)60-39(41(43,44)45)14-16-58-17-15-39/h5-7,9-11,21,24-27,30,32H,4,8,12-20,22-23H2,1-3H3,(H,47,54)(H,48,51)(H,49,53)/b9-5-/t24-,25-,26-,27-,30+,32+,40-/m1/s1. The van der Waals surface area contributed by atoms with Crippen LogP contribution in [0.1, 0.15) is 71.6 Å². The Kier molecular flexibility index (Phi) is 12.3. The summed E-state index contributed by atoms with van der Waals surface area (Å²) in [5.74, 6) is -3.50. The lowest BCUT2D eigenvalue weighted by Gasteiger charge is -2.38. The molecule has 2 saturated carbocycles. The first-order chi connectivity index (χ1) is 28.9. The lowest BCUT2D eigenvalue weighted by Crippen LogP contribution is -2.60. The highest BCUT2D eigenvalue weighted by Gasteiger charge is 2.64. The van der Waals surface area contributed by atoms with Gasteiger partial charge in [-0.3, -0.25) is 19.1 Å². The molecule has 3 aliphatic heterocycles. The molecule has 2 aromatic rings. The van der Waals surface area contributed by atoms with E-state index < -0.39 is 105 Å². The maximum Gasteiger partial charge on any atom is 0.428 e. The molecule has 0 unspecified atom stereocenters. The molecule has 2 aliphatic carbocycles. The van der Waals surface area contributed by atoms with Crippen LogP contribution < -0.4 is 24.8 Å². The second kappa shape index (κ2) is 16.9. The molecule has 20 heteroatoms. The highest BCUT2D eigenvalue weighted by atomic mass is 32.2. The Bertz CT molecular complexity index is 2160. The normalized spacial score (nSPS) is 30.6. The predicted molar refractivity (Wildman–Crippen MR) is 210 cm³/mol. The number of nitrogens with zero attached hydrogens (tertiary/aromatic N) is 2. The van der Waals surface area contributed by atoms with Crippen LogP contribution in [0, 0.1) is 17.8 Å². The van der Waals surface area contributed by atoms with Crippen molar-refractivity contribution >= 4 is 44.6 Å². The van der Waals surface area contributed by atoms with Gasteiger partial charge in [0, 0.05) is 36.0 Å². The molecular formula is C41H51F4N5O10S. The minimum absolute atomic E-state index is 0.0101. The summed E-state index contributed by atoms with van der Waals surface area (Å²) >= 11 is 0. The van der Waals surface area contributed by atoms with Gasteiger partial charge in [0.15, 0.2) is 0 Å². The predicted octanol–water partition coefficient (Wildman–Crippen LogP) is 4.63. The van der Waals surface area contributed by atoms with Crippen molar-refractivity contribution < 1.29 is 64.1 Å². The number of alkyl halides is 4. The summed E-state index contributed by atoms with van der Waals surface area (Å²) in [4.78, 5) is 62.5. The van der Waals surface area contributed by atoms with E-state index >= 15 is 0 Å². The van der Waals surface area contributed by atoms with Crippen molar-refractivity contribution in [2.24, 2.45) is 17.8 Å². The number of nitrogens with one attached hydrogen (secondary N) is 3. The van der Waals surface area contributed by atoms with Gasteiger partial charge in [-0.05, 0) is 56.4 Å². The van der Waals surface area contributed by atoms with E-state index in [1.54, 1.807) is 37.3 Å². The number of halogens is 4. The van der Waals surface area contributed by atoms with Crippen LogP contribution in [0.3, 0.4) is 0 Å². The number of carbonyl (C=O) groups is 4. The SMILES string of the molecule is COc1cnc(O[C@@H]2C[C@H]3C(=O)N[C@]4(C(=O)NS(=O)(=O)C5(CF)CC5)C[C@H]4/C=C\CC[C@@H](C)C[C@@H](C)[C@H](NC(=O)OC4(C(F)(F)F)CCOCC4)C(=O)N3C2)c2ccccc12. The van der Waals surface area contributed by atoms with Gasteiger partial charge in [-0.2, -0.15) is 13.2 Å². The van der Waals surface area contributed by atoms with Crippen LogP contribution in [0.2, 0.25) is 0 Å². The highest BCUT2D eigenvalue weighted by molar-refractivity contribution is 7.91. The minimum Gasteiger partial charge on any atom is -0.494 e. The highest BCUT2D eigenvalue weighted by Crippen LogP contribution is 2.48. The van der Waals surface area contributed by atoms with Crippen LogP contribution in [0.15, 0.2) is 42.6 Å². The molecule has 334 valence electrons. The summed E-state index contributed by atoms with van der Waals surface area (Å²) in [6.07, 6.45) is -2.34. The van der Waals surface area contributed by atoms with Gasteiger partial charge in [0.1, 0.15) is 40.9 Å². The van der Waals surface area contributed by atoms with Crippen LogP contribution in [-0.4, -0.2) is 116 Å². The average Bonchev–Trinajstić information content (AvgIpc) is 4.13. The van der Waals surface area contributed by atoms with Crippen molar-refractivity contribution in [3.8, 4) is 11.6 Å². The van der Waals surface area contributed by atoms with E-state index in [0.29, 0.717) is 35.8 Å². The van der Waals surface area contributed by atoms with Gasteiger partial charge in [-0.1, -0.05) is 44.2 Å². The van der Waals surface area contributed by atoms with Crippen LogP contribution in [0.4, 0.5) is 22.4 Å². The largest absolute Gasteiger partial charge is 0.494 e. The summed E-state index contributed by atoms with van der Waals surface area (Å²) < 4.78 is 106. The van der Waals surface area contributed by atoms with Crippen LogP contribution >= 0.6 is 0 Å². The van der Waals surface area contributed by atoms with E-state index in [2.05, 4.69) is 15.6 Å². The Morgan fingerprint density at radius 3 is 2.43 bits per heavy atom. The summed E-state index contributed by atoms with van der Waals surface area (Å²) in [5.41, 5.74) is -4.62. The Morgan fingerprint density at radius 2 is 1.77 bits per heavy atom. The maximum atomic E-state index is 14.9. The third-order valence-corrected chi connectivity index (χ3v) is 15.0. The number of methoxy groups -OCH3 is 1. The number of benzene rings is 1. The summed E-state index contributed by atoms with van der Waals surface area (Å²) in [6, 6.07) is 4.23. The Balaban J connectivity index is 1.23. The third kappa shape index (κ3) is 8.70. The van der Waals surface area contributed by atoms with Crippen molar-refractivity contribution in [2.45, 2.75) is 112 Å². The number of ether oxygens (including phenoxy) is 4. The topological polar surface area (TPSA) is 192 Å². The number of allylic oxidation sites excluding steroid dienone is 1. The fourth-order valence-electron chi connectivity index (χ4n) is 8.78. The van der Waals surface area contributed by atoms with E-state index in [1.807, 2.05) is 17.7 Å². The van der Waals surface area contributed by atoms with Crippen molar-refractivity contribution in [3.05, 3.63) is 42.6 Å². The van der Waals surface area contributed by atoms with Gasteiger partial charge >= 0.3 is 12.3 Å². The van der Waals surface area contributed by atoms with Crippen LogP contribution in [-0.2, 0) is 33.9 Å². The molecule has 15 nitrogen and oxygen atoms in total. The number of aromatic nitrogens is 1. The molecule has 0 spiro atoms. The molecule has 1 aromatic heterocycles. The van der Waals surface area contributed by atoms with Crippen molar-refractivity contribution in [3.63, 3.8) is 0 Å². The first kappa shape index (κ1) is 44.3. The lowest BCUT2D eigenvalue weighted by molar-refractivity contribution is -0.278. The Morgan fingerprint density at radius 1 is 1.07 bits per heavy atom. The molecule has 0 radical (unpaired) electrons. The van der Waals surface area contributed by atoms with Crippen molar-refractivity contribution in [1.82, 2.24) is 25.2 Å². The van der Waals surface area contributed by atoms with Gasteiger partial charge in [-0.25, -0.2) is 22.6 Å². The molecule has 2 saturated heterocycles. The van der Waals surface area contributed by atoms with Crippen LogP contribution in [0.25, 0.3) is 10.8 Å². The second-order valence-electron chi connectivity index (χ2n) is 17.1. The first-order valence-corrected chi connectivity index (χ1v) is 22.0. The Hall–Kier alpha value is -4.72. The fraction of sp³-hybridized carbons (Fsp3) is 0.634. The Labute approximate surface area is 350 Å². The number of alkyl carbamates (subject to hydrolysis) is 1. The van der Waals surface area contributed by atoms with E-state index in [-0.39, 0.29) is 57.2 Å². The number of fused-ring (bicyclic) bond motifs is 3. The maximum absolute atomic E-state index is 14.9. The summed E-state index contributed by atoms with van der Waals surface area (Å²) in [7, 11) is -2.99. The molecule has 5 aliphatic rings. The second-order valence-corrected chi connectivity index (χ2v) is 19.2. The van der Waals surface area contributed by atoms with Gasteiger partial charge in [0.25, 0.3) is 5.91 Å². The molecule has 1 aromatic carbocycles. The lowest BCUT2D eigenvalue weighted by atomic mass is 9.88. The number of hydrogen-bond donors (Lipinski definition) is 3. The third-order valence-electron chi connectivity index (χ3n) is 12.9. The smallest absolute Gasteiger partial charge is 0.428 e. The first-order valence-electron chi connectivity index (χ1n) is 20.5. The fourth-order valence-corrected chi connectivity index (χ4v) is 10.2. The average molecular weight is 882 g/mol. The molecule has 3 N–H and O–H groups in total. The quantitative estimate of drug-likeness (QED) is 0.235. The summed E-state index contributed by atoms with van der Waals surface area (Å²) in [5, 5.41) is 6.39. The number of rotatable bonds is 9. The molecule has 0 bridgehead atoms. The number of hydrogen-bond acceptors (Lipinski definition) is 11. The molecule has 7 atom stereocenters.